The molecule has 0 aliphatic carbocycles. The molecule has 0 atom stereocenters. The van der Waals surface area contributed by atoms with Crippen molar-refractivity contribution in [2.75, 3.05) is 26.3 Å². The largest absolute Gasteiger partial charge is 0.489 e. The number of rotatable bonds is 6. The zero-order valence-electron chi connectivity index (χ0n) is 17.0. The second kappa shape index (κ2) is 10.0. The summed E-state index contributed by atoms with van der Waals surface area (Å²) in [5.41, 5.74) is 3.23. The van der Waals surface area contributed by atoms with Gasteiger partial charge >= 0.3 is 0 Å². The average Bonchev–Trinajstić information content (AvgIpc) is 3.14. The van der Waals surface area contributed by atoms with E-state index in [4.69, 9.17) is 21.1 Å². The molecule has 158 valence electrons. The standard InChI is InChI=1S/C24H27ClN2O3/c25-21-14-18(15-22-24(21)30-13-5-12-29-22)8-9-23(28)26-16-19-6-1-2-7-20(19)17-27-10-3-4-11-27/h1-2,6-9,14-15H,3-5,10-13,16-17H2,(H,26,28)/b9-8+. The number of carbonyl (C=O) groups excluding carboxylic acids is 1. The van der Waals surface area contributed by atoms with Crippen molar-refractivity contribution in [1.29, 1.82) is 0 Å². The molecule has 0 radical (unpaired) electrons. The minimum absolute atomic E-state index is 0.144. The molecule has 2 aromatic rings. The summed E-state index contributed by atoms with van der Waals surface area (Å²) in [4.78, 5) is 14.8. The highest BCUT2D eigenvalue weighted by Crippen LogP contribution is 2.38. The minimum Gasteiger partial charge on any atom is -0.489 e. The molecule has 0 aromatic heterocycles. The van der Waals surface area contributed by atoms with Crippen LogP contribution >= 0.6 is 11.6 Å². The first kappa shape index (κ1) is 20.8. The summed E-state index contributed by atoms with van der Waals surface area (Å²) >= 11 is 6.32. The maximum absolute atomic E-state index is 12.4. The van der Waals surface area contributed by atoms with Crippen LogP contribution in [0.5, 0.6) is 11.5 Å². The Morgan fingerprint density at radius 3 is 2.67 bits per heavy atom. The van der Waals surface area contributed by atoms with E-state index >= 15 is 0 Å². The number of nitrogens with one attached hydrogen (secondary N) is 1. The summed E-state index contributed by atoms with van der Waals surface area (Å²) in [6.45, 7) is 4.94. The van der Waals surface area contributed by atoms with E-state index in [0.717, 1.165) is 37.2 Å². The molecule has 2 aromatic carbocycles. The van der Waals surface area contributed by atoms with Gasteiger partial charge in [-0.25, -0.2) is 0 Å². The third-order valence-corrected chi connectivity index (χ3v) is 5.70. The topological polar surface area (TPSA) is 50.8 Å². The van der Waals surface area contributed by atoms with E-state index in [0.29, 0.717) is 36.3 Å². The third-order valence-electron chi connectivity index (χ3n) is 5.42. The fourth-order valence-electron chi connectivity index (χ4n) is 3.83. The van der Waals surface area contributed by atoms with Crippen molar-refractivity contribution in [1.82, 2.24) is 10.2 Å². The molecule has 0 saturated carbocycles. The molecular formula is C24H27ClN2O3. The van der Waals surface area contributed by atoms with Crippen LogP contribution in [0.15, 0.2) is 42.5 Å². The van der Waals surface area contributed by atoms with Gasteiger partial charge in [0.1, 0.15) is 0 Å². The predicted octanol–water partition coefficient (Wildman–Crippen LogP) is 4.43. The fraction of sp³-hybridized carbons (Fsp3) is 0.375. The molecule has 5 nitrogen and oxygen atoms in total. The summed E-state index contributed by atoms with van der Waals surface area (Å²) in [5, 5.41) is 3.48. The van der Waals surface area contributed by atoms with Gasteiger partial charge in [-0.1, -0.05) is 35.9 Å². The van der Waals surface area contributed by atoms with Crippen LogP contribution in [0.1, 0.15) is 36.0 Å². The maximum atomic E-state index is 12.4. The lowest BCUT2D eigenvalue weighted by Crippen LogP contribution is -2.23. The van der Waals surface area contributed by atoms with E-state index in [-0.39, 0.29) is 5.91 Å². The van der Waals surface area contributed by atoms with Crippen LogP contribution in [0.2, 0.25) is 5.02 Å². The summed E-state index contributed by atoms with van der Waals surface area (Å²) in [5.74, 6) is 1.05. The Bertz CT molecular complexity index is 923. The van der Waals surface area contributed by atoms with Crippen LogP contribution in [0.25, 0.3) is 6.08 Å². The highest BCUT2D eigenvalue weighted by Gasteiger charge is 2.15. The Hall–Kier alpha value is -2.50. The van der Waals surface area contributed by atoms with Gasteiger partial charge in [0.05, 0.1) is 18.2 Å². The number of amides is 1. The van der Waals surface area contributed by atoms with Crippen molar-refractivity contribution in [3.8, 4) is 11.5 Å². The van der Waals surface area contributed by atoms with Gasteiger partial charge in [0.2, 0.25) is 5.91 Å². The monoisotopic (exact) mass is 426 g/mol. The number of hydrogen-bond donors (Lipinski definition) is 1. The van der Waals surface area contributed by atoms with Gasteiger partial charge in [-0.3, -0.25) is 9.69 Å². The number of halogens is 1. The highest BCUT2D eigenvalue weighted by molar-refractivity contribution is 6.32. The smallest absolute Gasteiger partial charge is 0.244 e. The summed E-state index contributed by atoms with van der Waals surface area (Å²) in [6.07, 6.45) is 6.63. The molecule has 0 unspecified atom stereocenters. The van der Waals surface area contributed by atoms with E-state index in [9.17, 15) is 4.79 Å². The van der Waals surface area contributed by atoms with Crippen LogP contribution in [-0.4, -0.2) is 37.1 Å². The van der Waals surface area contributed by atoms with E-state index in [1.54, 1.807) is 12.1 Å². The second-order valence-corrected chi connectivity index (χ2v) is 8.09. The van der Waals surface area contributed by atoms with Gasteiger partial charge in [-0.2, -0.15) is 0 Å². The number of fused-ring (bicyclic) bond motifs is 1. The Morgan fingerprint density at radius 2 is 1.83 bits per heavy atom. The Balaban J connectivity index is 1.37. The van der Waals surface area contributed by atoms with E-state index in [1.165, 1.54) is 24.5 Å². The number of ether oxygens (including phenoxy) is 2. The van der Waals surface area contributed by atoms with E-state index < -0.39 is 0 Å². The molecule has 30 heavy (non-hydrogen) atoms. The van der Waals surface area contributed by atoms with Crippen molar-refractivity contribution >= 4 is 23.6 Å². The Kier molecular flexibility index (Phi) is 6.92. The Labute approximate surface area is 182 Å². The lowest BCUT2D eigenvalue weighted by atomic mass is 10.1. The molecule has 1 amide bonds. The second-order valence-electron chi connectivity index (χ2n) is 7.68. The van der Waals surface area contributed by atoms with Crippen molar-refractivity contribution in [2.45, 2.75) is 32.4 Å². The quantitative estimate of drug-likeness (QED) is 0.694. The fourth-order valence-corrected chi connectivity index (χ4v) is 4.10. The molecule has 1 saturated heterocycles. The van der Waals surface area contributed by atoms with Crippen LogP contribution in [-0.2, 0) is 17.9 Å². The van der Waals surface area contributed by atoms with Crippen LogP contribution in [0.4, 0.5) is 0 Å². The molecule has 1 N–H and O–H groups in total. The zero-order chi connectivity index (χ0) is 20.8. The van der Waals surface area contributed by atoms with Gasteiger partial charge in [-0.05, 0) is 60.8 Å². The molecule has 2 aliphatic heterocycles. The molecule has 0 bridgehead atoms. The first-order valence-corrected chi connectivity index (χ1v) is 10.9. The van der Waals surface area contributed by atoms with Gasteiger partial charge in [0.25, 0.3) is 0 Å². The van der Waals surface area contributed by atoms with Gasteiger partial charge in [0.15, 0.2) is 11.5 Å². The molecule has 4 rings (SSSR count). The zero-order valence-corrected chi connectivity index (χ0v) is 17.8. The average molecular weight is 427 g/mol. The van der Waals surface area contributed by atoms with Crippen LogP contribution in [0, 0.1) is 0 Å². The van der Waals surface area contributed by atoms with Crippen LogP contribution < -0.4 is 14.8 Å². The third kappa shape index (κ3) is 5.35. The maximum Gasteiger partial charge on any atom is 0.244 e. The van der Waals surface area contributed by atoms with Gasteiger partial charge in [0, 0.05) is 25.6 Å². The number of benzene rings is 2. The molecule has 2 aliphatic rings. The molecule has 6 heteroatoms. The highest BCUT2D eigenvalue weighted by atomic mass is 35.5. The number of carbonyl (C=O) groups is 1. The normalized spacial score (nSPS) is 16.6. The summed E-state index contributed by atoms with van der Waals surface area (Å²) < 4.78 is 11.3. The minimum atomic E-state index is -0.144. The lowest BCUT2D eigenvalue weighted by Gasteiger charge is -2.17. The molecular weight excluding hydrogens is 400 g/mol. The summed E-state index contributed by atoms with van der Waals surface area (Å²) in [7, 11) is 0. The van der Waals surface area contributed by atoms with E-state index in [1.807, 2.05) is 12.1 Å². The van der Waals surface area contributed by atoms with Crippen molar-refractivity contribution in [3.05, 3.63) is 64.2 Å². The van der Waals surface area contributed by atoms with E-state index in [2.05, 4.69) is 28.4 Å². The SMILES string of the molecule is O=C(/C=C/c1cc(Cl)c2c(c1)OCCCO2)NCc1ccccc1CN1CCCC1. The van der Waals surface area contributed by atoms with Crippen LogP contribution in [0.3, 0.4) is 0 Å². The summed E-state index contributed by atoms with van der Waals surface area (Å²) in [6, 6.07) is 11.9. The molecule has 1 fully saturated rings. The van der Waals surface area contributed by atoms with Crippen molar-refractivity contribution in [3.63, 3.8) is 0 Å². The van der Waals surface area contributed by atoms with Gasteiger partial charge in [-0.15, -0.1) is 0 Å². The Morgan fingerprint density at radius 1 is 1.07 bits per heavy atom. The number of likely N-dealkylation sites (tertiary alicyclic amines) is 1. The first-order valence-electron chi connectivity index (χ1n) is 10.5. The van der Waals surface area contributed by atoms with Crippen molar-refractivity contribution < 1.29 is 14.3 Å². The first-order chi connectivity index (χ1) is 14.7. The number of hydrogen-bond acceptors (Lipinski definition) is 4. The van der Waals surface area contributed by atoms with Crippen molar-refractivity contribution in [2.24, 2.45) is 0 Å². The number of nitrogens with zero attached hydrogens (tertiary/aromatic N) is 1. The lowest BCUT2D eigenvalue weighted by molar-refractivity contribution is -0.116. The molecule has 2 heterocycles. The predicted molar refractivity (Wildman–Crippen MR) is 119 cm³/mol. The van der Waals surface area contributed by atoms with Gasteiger partial charge < -0.3 is 14.8 Å². The molecule has 0 spiro atoms.